The normalized spacial score (nSPS) is 11.1. The van der Waals surface area contributed by atoms with Gasteiger partial charge in [0, 0.05) is 25.4 Å². The van der Waals surface area contributed by atoms with Crippen LogP contribution in [0, 0.1) is 0 Å². The summed E-state index contributed by atoms with van der Waals surface area (Å²) in [6.07, 6.45) is 0. The minimum atomic E-state index is -0.123. The molecule has 0 saturated carbocycles. The second-order valence-corrected chi connectivity index (χ2v) is 5.25. The third-order valence-corrected chi connectivity index (χ3v) is 3.25. The molecule has 0 radical (unpaired) electrons. The zero-order valence-electron chi connectivity index (χ0n) is 12.1. The third kappa shape index (κ3) is 5.36. The molecule has 1 aromatic rings. The molecule has 20 heavy (non-hydrogen) atoms. The van der Waals surface area contributed by atoms with Gasteiger partial charge < -0.3 is 15.8 Å². The fraction of sp³-hybridized carbons (Fsp3) is 0.500. The number of methoxy groups -OCH3 is 1. The van der Waals surface area contributed by atoms with Gasteiger partial charge in [0.2, 0.25) is 5.91 Å². The van der Waals surface area contributed by atoms with E-state index in [0.717, 1.165) is 0 Å². The van der Waals surface area contributed by atoms with Gasteiger partial charge in [-0.3, -0.25) is 9.69 Å². The first-order chi connectivity index (χ1) is 9.43. The lowest BCUT2D eigenvalue weighted by molar-refractivity contribution is -0.117. The molecule has 112 valence electrons. The first-order valence-corrected chi connectivity index (χ1v) is 6.89. The predicted octanol–water partition coefficient (Wildman–Crippen LogP) is 2.22. The number of carbonyl (C=O) groups is 1. The average molecular weight is 300 g/mol. The standard InChI is InChI=1S/C14H22ClN3O2/c1-10(2)18(6-7-20-3)9-14(19)17-13-8-11(16)4-5-12(13)15/h4-5,8,10H,6-7,9,16H2,1-3H3,(H,17,19). The summed E-state index contributed by atoms with van der Waals surface area (Å²) in [7, 11) is 1.64. The van der Waals surface area contributed by atoms with Crippen LogP contribution in [0.4, 0.5) is 11.4 Å². The van der Waals surface area contributed by atoms with Crippen LogP contribution in [0.5, 0.6) is 0 Å². The monoisotopic (exact) mass is 299 g/mol. The van der Waals surface area contributed by atoms with E-state index < -0.39 is 0 Å². The van der Waals surface area contributed by atoms with Crippen molar-refractivity contribution in [2.24, 2.45) is 0 Å². The van der Waals surface area contributed by atoms with Crippen molar-refractivity contribution in [2.45, 2.75) is 19.9 Å². The summed E-state index contributed by atoms with van der Waals surface area (Å²) >= 11 is 6.02. The number of nitrogens with zero attached hydrogens (tertiary/aromatic N) is 1. The second kappa shape index (κ2) is 8.09. The number of benzene rings is 1. The molecule has 0 saturated heterocycles. The van der Waals surface area contributed by atoms with Gasteiger partial charge in [0.15, 0.2) is 0 Å². The van der Waals surface area contributed by atoms with Gasteiger partial charge in [0.25, 0.3) is 0 Å². The number of anilines is 2. The van der Waals surface area contributed by atoms with E-state index in [-0.39, 0.29) is 18.5 Å². The molecule has 0 unspecified atom stereocenters. The molecule has 1 aromatic carbocycles. The van der Waals surface area contributed by atoms with Crippen molar-refractivity contribution in [1.29, 1.82) is 0 Å². The number of rotatable bonds is 7. The molecule has 0 spiro atoms. The molecule has 0 atom stereocenters. The van der Waals surface area contributed by atoms with Crippen molar-refractivity contribution in [3.05, 3.63) is 23.2 Å². The van der Waals surface area contributed by atoms with Gasteiger partial charge >= 0.3 is 0 Å². The Balaban J connectivity index is 2.63. The lowest BCUT2D eigenvalue weighted by Crippen LogP contribution is -2.40. The Morgan fingerprint density at radius 2 is 2.20 bits per heavy atom. The molecule has 5 nitrogen and oxygen atoms in total. The number of amides is 1. The maximum Gasteiger partial charge on any atom is 0.238 e. The van der Waals surface area contributed by atoms with E-state index in [9.17, 15) is 4.79 Å². The fourth-order valence-electron chi connectivity index (χ4n) is 1.74. The molecule has 6 heteroatoms. The fourth-order valence-corrected chi connectivity index (χ4v) is 1.91. The minimum absolute atomic E-state index is 0.123. The summed E-state index contributed by atoms with van der Waals surface area (Å²) in [6.45, 7) is 5.65. The summed E-state index contributed by atoms with van der Waals surface area (Å²) in [4.78, 5) is 14.1. The number of ether oxygens (including phenoxy) is 1. The SMILES string of the molecule is COCCN(CC(=O)Nc1cc(N)ccc1Cl)C(C)C. The van der Waals surface area contributed by atoms with Gasteiger partial charge in [0.05, 0.1) is 23.9 Å². The van der Waals surface area contributed by atoms with Crippen LogP contribution in [-0.4, -0.2) is 43.7 Å². The highest BCUT2D eigenvalue weighted by Crippen LogP contribution is 2.23. The summed E-state index contributed by atoms with van der Waals surface area (Å²) in [5, 5.41) is 3.25. The highest BCUT2D eigenvalue weighted by atomic mass is 35.5. The highest BCUT2D eigenvalue weighted by molar-refractivity contribution is 6.33. The summed E-state index contributed by atoms with van der Waals surface area (Å²) in [5.41, 5.74) is 6.78. The number of hydrogen-bond donors (Lipinski definition) is 2. The molecule has 0 fully saturated rings. The Morgan fingerprint density at radius 3 is 2.80 bits per heavy atom. The Hall–Kier alpha value is -1.30. The quantitative estimate of drug-likeness (QED) is 0.758. The Labute approximate surface area is 125 Å². The Morgan fingerprint density at radius 1 is 1.50 bits per heavy atom. The van der Waals surface area contributed by atoms with Gasteiger partial charge in [-0.1, -0.05) is 11.6 Å². The smallest absolute Gasteiger partial charge is 0.238 e. The molecule has 0 bridgehead atoms. The van der Waals surface area contributed by atoms with Crippen LogP contribution in [0.2, 0.25) is 5.02 Å². The topological polar surface area (TPSA) is 67.6 Å². The van der Waals surface area contributed by atoms with Crippen molar-refractivity contribution in [3.8, 4) is 0 Å². The molecule has 0 aliphatic heterocycles. The molecular weight excluding hydrogens is 278 g/mol. The molecule has 3 N–H and O–H groups in total. The van der Waals surface area contributed by atoms with Crippen LogP contribution < -0.4 is 11.1 Å². The summed E-state index contributed by atoms with van der Waals surface area (Å²) in [6, 6.07) is 5.26. The zero-order valence-corrected chi connectivity index (χ0v) is 12.9. The van der Waals surface area contributed by atoms with E-state index in [4.69, 9.17) is 22.1 Å². The molecule has 1 amide bonds. The number of carbonyl (C=O) groups excluding carboxylic acids is 1. The van der Waals surface area contributed by atoms with E-state index in [1.807, 2.05) is 18.7 Å². The van der Waals surface area contributed by atoms with E-state index >= 15 is 0 Å². The summed E-state index contributed by atoms with van der Waals surface area (Å²) in [5.74, 6) is -0.123. The van der Waals surface area contributed by atoms with Crippen LogP contribution in [0.1, 0.15) is 13.8 Å². The maximum atomic E-state index is 12.1. The molecule has 0 aliphatic carbocycles. The first kappa shape index (κ1) is 16.8. The molecule has 1 rings (SSSR count). The van der Waals surface area contributed by atoms with Gasteiger partial charge in [-0.25, -0.2) is 0 Å². The largest absolute Gasteiger partial charge is 0.399 e. The maximum absolute atomic E-state index is 12.1. The van der Waals surface area contributed by atoms with Crippen LogP contribution in [0.3, 0.4) is 0 Å². The highest BCUT2D eigenvalue weighted by Gasteiger charge is 2.14. The molecular formula is C14H22ClN3O2. The number of nitrogen functional groups attached to an aromatic ring is 1. The van der Waals surface area contributed by atoms with E-state index in [2.05, 4.69) is 5.32 Å². The second-order valence-electron chi connectivity index (χ2n) is 4.84. The number of halogens is 1. The number of nitrogens with one attached hydrogen (secondary N) is 1. The van der Waals surface area contributed by atoms with Crippen LogP contribution in [-0.2, 0) is 9.53 Å². The van der Waals surface area contributed by atoms with Crippen molar-refractivity contribution in [1.82, 2.24) is 4.90 Å². The average Bonchev–Trinajstić information content (AvgIpc) is 2.38. The van der Waals surface area contributed by atoms with Crippen molar-refractivity contribution in [2.75, 3.05) is 37.9 Å². The molecule has 0 aliphatic rings. The third-order valence-electron chi connectivity index (χ3n) is 2.92. The van der Waals surface area contributed by atoms with Gasteiger partial charge in [0.1, 0.15) is 0 Å². The Kier molecular flexibility index (Phi) is 6.78. The van der Waals surface area contributed by atoms with Crippen LogP contribution >= 0.6 is 11.6 Å². The van der Waals surface area contributed by atoms with Crippen molar-refractivity contribution >= 4 is 28.9 Å². The Bertz CT molecular complexity index is 452. The van der Waals surface area contributed by atoms with Gasteiger partial charge in [-0.2, -0.15) is 0 Å². The molecule has 0 aromatic heterocycles. The van der Waals surface area contributed by atoms with Crippen molar-refractivity contribution < 1.29 is 9.53 Å². The lowest BCUT2D eigenvalue weighted by Gasteiger charge is -2.25. The van der Waals surface area contributed by atoms with Crippen LogP contribution in [0.25, 0.3) is 0 Å². The lowest BCUT2D eigenvalue weighted by atomic mass is 10.2. The first-order valence-electron chi connectivity index (χ1n) is 6.52. The van der Waals surface area contributed by atoms with Gasteiger partial charge in [-0.05, 0) is 32.0 Å². The van der Waals surface area contributed by atoms with E-state index in [0.29, 0.717) is 29.5 Å². The number of nitrogens with two attached hydrogens (primary N) is 1. The zero-order chi connectivity index (χ0) is 15.1. The predicted molar refractivity (Wildman–Crippen MR) is 83.1 cm³/mol. The summed E-state index contributed by atoms with van der Waals surface area (Å²) < 4.78 is 5.05. The minimum Gasteiger partial charge on any atom is -0.399 e. The van der Waals surface area contributed by atoms with E-state index in [1.54, 1.807) is 25.3 Å². The van der Waals surface area contributed by atoms with Gasteiger partial charge in [-0.15, -0.1) is 0 Å². The number of hydrogen-bond acceptors (Lipinski definition) is 4. The van der Waals surface area contributed by atoms with Crippen molar-refractivity contribution in [3.63, 3.8) is 0 Å². The van der Waals surface area contributed by atoms with Crippen LogP contribution in [0.15, 0.2) is 18.2 Å². The molecule has 0 heterocycles. The van der Waals surface area contributed by atoms with E-state index in [1.165, 1.54) is 0 Å².